The zero-order valence-corrected chi connectivity index (χ0v) is 34.4. The maximum Gasteiger partial charge on any atom is 0.296 e. The number of rotatable bonds is 14. The molecule has 0 spiro atoms. The van der Waals surface area contributed by atoms with Crippen molar-refractivity contribution in [2.75, 3.05) is 17.6 Å². The molecule has 0 bridgehead atoms. The van der Waals surface area contributed by atoms with Crippen LogP contribution >= 0.6 is 11.6 Å². The molecule has 63 heavy (non-hydrogen) atoms. The summed E-state index contributed by atoms with van der Waals surface area (Å²) in [5.41, 5.74) is -3.74. The number of sulfonamides is 1. The summed E-state index contributed by atoms with van der Waals surface area (Å²) in [6.45, 7) is -0.912. The lowest BCUT2D eigenvalue weighted by atomic mass is 9.81. The summed E-state index contributed by atoms with van der Waals surface area (Å²) in [5, 5.41) is 10.2. The molecule has 2 aliphatic carbocycles. The van der Waals surface area contributed by atoms with Gasteiger partial charge < -0.3 is 10.1 Å². The highest BCUT2D eigenvalue weighted by molar-refractivity contribution is 7.92. The lowest BCUT2D eigenvalue weighted by molar-refractivity contribution is -0.123. The number of anilines is 1. The quantitative estimate of drug-likeness (QED) is 0.0864. The van der Waals surface area contributed by atoms with E-state index in [9.17, 15) is 44.3 Å². The number of hydrogen-bond donors (Lipinski definition) is 2. The number of halogens is 9. The van der Waals surface area contributed by atoms with E-state index in [2.05, 4.69) is 30.2 Å². The van der Waals surface area contributed by atoms with Crippen LogP contribution in [0.25, 0.3) is 27.6 Å². The van der Waals surface area contributed by atoms with Gasteiger partial charge in [0.05, 0.1) is 51.8 Å². The number of nitrogens with one attached hydrogen (secondary N) is 2. The Morgan fingerprint density at radius 1 is 1.05 bits per heavy atom. The number of alkyl halides is 6. The first-order chi connectivity index (χ1) is 29.5. The maximum atomic E-state index is 15.7. The predicted molar refractivity (Wildman–Crippen MR) is 211 cm³/mol. The molecule has 0 unspecified atom stereocenters. The van der Waals surface area contributed by atoms with Crippen LogP contribution in [0.15, 0.2) is 59.4 Å². The minimum absolute atomic E-state index is 0.00539. The van der Waals surface area contributed by atoms with Crippen molar-refractivity contribution in [3.8, 4) is 11.6 Å². The van der Waals surface area contributed by atoms with Gasteiger partial charge in [-0.15, -0.1) is 0 Å². The molecular weight excluding hydrogens is 894 g/mol. The number of pyridine rings is 1. The highest BCUT2D eigenvalue weighted by Gasteiger charge is 2.60. The number of aryl methyl sites for hydroxylation is 1. The minimum Gasteiger partial charge on any atom is -0.477 e. The van der Waals surface area contributed by atoms with Crippen LogP contribution in [0.2, 0.25) is 5.02 Å². The molecule has 0 radical (unpaired) electrons. The Hall–Kier alpha value is -6.10. The van der Waals surface area contributed by atoms with Crippen molar-refractivity contribution in [3.05, 3.63) is 110 Å². The standard InChI is InChI=1S/C39H32ClF8N9O5S/c1-38(45,46)10-11-62-27-9-5-21-34(50-27)51-36(57(37(21)59)25-8-7-23(40)29-31(25)55(2)53-35(29)54-63(3,60)61)24(14-17-12-18(41)15-19(42)13-17)49-26(58)16-56-32-28(30(52-56)33(43)44)20-4-6-22(20)39(32,47)48/h4-9,12-13,15,20,22,24,33H,10-11,14,16H2,1-3H3,(H,49,58)(H,53,54)/t20-,22+,24-/m0/s1. The van der Waals surface area contributed by atoms with E-state index in [-0.39, 0.29) is 49.9 Å². The van der Waals surface area contributed by atoms with Gasteiger partial charge in [0.25, 0.3) is 17.9 Å². The fourth-order valence-corrected chi connectivity index (χ4v) is 8.58. The molecule has 0 saturated heterocycles. The van der Waals surface area contributed by atoms with Crippen molar-refractivity contribution >= 4 is 55.3 Å². The van der Waals surface area contributed by atoms with Gasteiger partial charge in [0.15, 0.2) is 11.5 Å². The van der Waals surface area contributed by atoms with Crippen LogP contribution < -0.4 is 20.3 Å². The maximum absolute atomic E-state index is 15.7. The summed E-state index contributed by atoms with van der Waals surface area (Å²) >= 11 is 6.57. The SMILES string of the molecule is Cn1nc(NS(C)(=O)=O)c2c(Cl)ccc(-n3c([C@H](Cc4cc(F)cc(F)c4)NC(=O)Cn4nc(C(F)F)c5c4C(F)(F)[C@@H]4C=C[C@H]54)nc4nc(OCCC(C)(F)F)ccc4c3=O)c21. The summed E-state index contributed by atoms with van der Waals surface area (Å²) in [6, 6.07) is 5.77. The van der Waals surface area contributed by atoms with Crippen LogP contribution in [0.4, 0.5) is 40.9 Å². The second kappa shape index (κ2) is 15.6. The predicted octanol–water partition coefficient (Wildman–Crippen LogP) is 7.00. The summed E-state index contributed by atoms with van der Waals surface area (Å²) in [7, 11) is -2.57. The summed E-state index contributed by atoms with van der Waals surface area (Å²) in [4.78, 5) is 37.8. The molecule has 6 aromatic rings. The zero-order chi connectivity index (χ0) is 45.5. The van der Waals surface area contributed by atoms with Gasteiger partial charge >= 0.3 is 0 Å². The van der Waals surface area contributed by atoms with Gasteiger partial charge in [-0.3, -0.25) is 28.2 Å². The molecule has 2 N–H and O–H groups in total. The van der Waals surface area contributed by atoms with Gasteiger partial charge in [0, 0.05) is 43.5 Å². The molecule has 2 aromatic carbocycles. The van der Waals surface area contributed by atoms with E-state index in [4.69, 9.17) is 16.3 Å². The third-order valence-electron chi connectivity index (χ3n) is 10.5. The first-order valence-corrected chi connectivity index (χ1v) is 21.0. The first kappa shape index (κ1) is 43.5. The third kappa shape index (κ3) is 8.18. The number of carbonyl (C=O) groups is 1. The molecule has 14 nitrogen and oxygen atoms in total. The molecule has 24 heteroatoms. The fourth-order valence-electron chi connectivity index (χ4n) is 7.84. The van der Waals surface area contributed by atoms with E-state index in [0.29, 0.717) is 17.7 Å². The lowest BCUT2D eigenvalue weighted by Gasteiger charge is -2.27. The molecule has 4 aromatic heterocycles. The van der Waals surface area contributed by atoms with Crippen LogP contribution in [0.1, 0.15) is 60.1 Å². The lowest BCUT2D eigenvalue weighted by Crippen LogP contribution is -2.38. The Morgan fingerprint density at radius 2 is 1.76 bits per heavy atom. The van der Waals surface area contributed by atoms with E-state index >= 15 is 8.78 Å². The number of amides is 1. The van der Waals surface area contributed by atoms with Crippen molar-refractivity contribution in [1.82, 2.24) is 39.4 Å². The van der Waals surface area contributed by atoms with E-state index in [0.717, 1.165) is 23.0 Å². The monoisotopic (exact) mass is 925 g/mol. The smallest absolute Gasteiger partial charge is 0.296 e. The van der Waals surface area contributed by atoms with Crippen LogP contribution in [0, 0.1) is 17.6 Å². The van der Waals surface area contributed by atoms with Crippen molar-refractivity contribution in [1.29, 1.82) is 0 Å². The van der Waals surface area contributed by atoms with Gasteiger partial charge in [-0.25, -0.2) is 39.7 Å². The molecule has 0 fully saturated rings. The van der Waals surface area contributed by atoms with Crippen molar-refractivity contribution in [3.63, 3.8) is 0 Å². The second-order valence-electron chi connectivity index (χ2n) is 15.2. The van der Waals surface area contributed by atoms with E-state index < -0.39 is 118 Å². The van der Waals surface area contributed by atoms with Crippen molar-refractivity contribution in [2.24, 2.45) is 13.0 Å². The molecule has 2 aliphatic rings. The first-order valence-electron chi connectivity index (χ1n) is 18.8. The third-order valence-corrected chi connectivity index (χ3v) is 11.3. The van der Waals surface area contributed by atoms with Gasteiger partial charge in [-0.1, -0.05) is 23.8 Å². The second-order valence-corrected chi connectivity index (χ2v) is 17.4. The number of benzene rings is 2. The van der Waals surface area contributed by atoms with Gasteiger partial charge in [-0.2, -0.15) is 24.0 Å². The van der Waals surface area contributed by atoms with Gasteiger partial charge in [0.1, 0.15) is 35.4 Å². The summed E-state index contributed by atoms with van der Waals surface area (Å²) in [5.74, 6) is -13.5. The van der Waals surface area contributed by atoms with E-state index in [1.165, 1.54) is 48.1 Å². The van der Waals surface area contributed by atoms with Crippen LogP contribution in [-0.4, -0.2) is 67.2 Å². The summed E-state index contributed by atoms with van der Waals surface area (Å²) in [6.07, 6.45) is -1.21. The number of fused-ring (bicyclic) bond motifs is 5. The topological polar surface area (TPSA) is 168 Å². The molecule has 8 rings (SSSR count). The Morgan fingerprint density at radius 3 is 2.40 bits per heavy atom. The van der Waals surface area contributed by atoms with Gasteiger partial charge in [-0.05, 0) is 42.8 Å². The molecule has 3 atom stereocenters. The molecule has 332 valence electrons. The normalized spacial score (nSPS) is 17.2. The van der Waals surface area contributed by atoms with Gasteiger partial charge in [0.2, 0.25) is 27.7 Å². The summed E-state index contributed by atoms with van der Waals surface area (Å²) < 4.78 is 151. The Balaban J connectivity index is 1.32. The van der Waals surface area contributed by atoms with Crippen LogP contribution in [0.3, 0.4) is 0 Å². The van der Waals surface area contributed by atoms with E-state index in [1.54, 1.807) is 0 Å². The zero-order valence-electron chi connectivity index (χ0n) is 32.8. The van der Waals surface area contributed by atoms with Crippen molar-refractivity contribution < 1.29 is 53.1 Å². The highest BCUT2D eigenvalue weighted by atomic mass is 35.5. The molecular formula is C39H32ClF8N9O5S. The molecule has 0 aliphatic heterocycles. The number of allylic oxidation sites excluding steroid dienone is 2. The number of carbonyl (C=O) groups excluding carboxylic acids is 1. The Kier molecular flexibility index (Phi) is 10.8. The molecule has 4 heterocycles. The van der Waals surface area contributed by atoms with E-state index in [1.807, 2.05) is 0 Å². The average Bonchev–Trinajstić information content (AvgIpc) is 3.71. The number of ether oxygens (including phenoxy) is 1. The molecule has 1 amide bonds. The number of aromatic nitrogens is 7. The Labute approximate surface area is 355 Å². The van der Waals surface area contributed by atoms with Crippen molar-refractivity contribution in [2.45, 2.75) is 56.5 Å². The van der Waals surface area contributed by atoms with Crippen LogP contribution in [-0.2, 0) is 40.8 Å². The minimum atomic E-state index is -3.96. The highest BCUT2D eigenvalue weighted by Crippen LogP contribution is 2.60. The fraction of sp³-hybridized carbons (Fsp3) is 0.333. The number of nitrogens with zero attached hydrogens (tertiary/aromatic N) is 7. The number of hydrogen-bond acceptors (Lipinski definition) is 9. The average molecular weight is 926 g/mol. The Bertz CT molecular complexity index is 3040. The largest absolute Gasteiger partial charge is 0.477 e. The molecule has 0 saturated carbocycles. The van der Waals surface area contributed by atoms with Crippen LogP contribution in [0.5, 0.6) is 5.88 Å².